The summed E-state index contributed by atoms with van der Waals surface area (Å²) < 4.78 is 33.8. The lowest BCUT2D eigenvalue weighted by Crippen LogP contribution is -2.15. The second-order valence-electron chi connectivity index (χ2n) is 7.45. The molecule has 1 amide bonds. The van der Waals surface area contributed by atoms with Crippen molar-refractivity contribution in [3.05, 3.63) is 107 Å². The van der Waals surface area contributed by atoms with Crippen LogP contribution in [0.1, 0.15) is 27.2 Å². The SMILES string of the molecule is Cc1ccc(NC(=O)c2nn(-c3ccc(F)cc3)cc2OCc2ccc(F)cc2)c(C)c1. The summed E-state index contributed by atoms with van der Waals surface area (Å²) in [5.74, 6) is -0.902. The summed E-state index contributed by atoms with van der Waals surface area (Å²) in [6.07, 6.45) is 1.56. The summed E-state index contributed by atoms with van der Waals surface area (Å²) in [5.41, 5.74) is 4.07. The highest BCUT2D eigenvalue weighted by molar-refractivity contribution is 6.05. The van der Waals surface area contributed by atoms with Gasteiger partial charge in [-0.05, 0) is 67.4 Å². The third-order valence-electron chi connectivity index (χ3n) is 4.92. The van der Waals surface area contributed by atoms with Gasteiger partial charge in [0.05, 0.1) is 11.9 Å². The van der Waals surface area contributed by atoms with Gasteiger partial charge >= 0.3 is 0 Å². The molecule has 0 radical (unpaired) electrons. The normalized spacial score (nSPS) is 10.8. The number of amides is 1. The molecule has 0 aliphatic carbocycles. The van der Waals surface area contributed by atoms with Gasteiger partial charge in [0.2, 0.25) is 0 Å². The van der Waals surface area contributed by atoms with Gasteiger partial charge in [0.25, 0.3) is 5.91 Å². The van der Waals surface area contributed by atoms with Crippen molar-refractivity contribution in [3.8, 4) is 11.4 Å². The first-order valence-corrected chi connectivity index (χ1v) is 10.0. The van der Waals surface area contributed by atoms with Crippen molar-refractivity contribution in [2.24, 2.45) is 0 Å². The number of aromatic nitrogens is 2. The van der Waals surface area contributed by atoms with E-state index in [1.165, 1.54) is 28.9 Å². The Bertz CT molecular complexity index is 1250. The quantitative estimate of drug-likeness (QED) is 0.431. The predicted molar refractivity (Wildman–Crippen MR) is 118 cm³/mol. The number of ether oxygens (including phenoxy) is 1. The molecule has 0 saturated carbocycles. The van der Waals surface area contributed by atoms with Crippen LogP contribution in [-0.2, 0) is 6.61 Å². The maximum absolute atomic E-state index is 13.3. The molecule has 0 unspecified atom stereocenters. The summed E-state index contributed by atoms with van der Waals surface area (Å²) in [6.45, 7) is 4.01. The number of rotatable bonds is 6. The first kappa shape index (κ1) is 21.2. The number of carbonyl (C=O) groups excluding carboxylic acids is 1. The third-order valence-corrected chi connectivity index (χ3v) is 4.92. The number of nitrogens with one attached hydrogen (secondary N) is 1. The Kier molecular flexibility index (Phi) is 5.98. The lowest BCUT2D eigenvalue weighted by molar-refractivity contribution is 0.101. The van der Waals surface area contributed by atoms with Crippen LogP contribution in [0.4, 0.5) is 14.5 Å². The van der Waals surface area contributed by atoms with E-state index in [9.17, 15) is 13.6 Å². The smallest absolute Gasteiger partial charge is 0.280 e. The molecule has 0 bridgehead atoms. The first-order valence-electron chi connectivity index (χ1n) is 10.0. The molecule has 0 aliphatic heterocycles. The highest BCUT2D eigenvalue weighted by Crippen LogP contribution is 2.24. The number of benzene rings is 3. The van der Waals surface area contributed by atoms with Gasteiger partial charge in [0.1, 0.15) is 18.2 Å². The number of aryl methyl sites for hydroxylation is 2. The van der Waals surface area contributed by atoms with Gasteiger partial charge in [-0.1, -0.05) is 29.8 Å². The molecule has 5 nitrogen and oxygen atoms in total. The molecule has 3 aromatic carbocycles. The Morgan fingerprint density at radius 2 is 1.62 bits per heavy atom. The fourth-order valence-electron chi connectivity index (χ4n) is 3.22. The van der Waals surface area contributed by atoms with Crippen molar-refractivity contribution in [1.82, 2.24) is 9.78 Å². The average Bonchev–Trinajstić information content (AvgIpc) is 3.20. The third kappa shape index (κ3) is 4.83. The molecule has 0 saturated heterocycles. The highest BCUT2D eigenvalue weighted by atomic mass is 19.1. The predicted octanol–water partition coefficient (Wildman–Crippen LogP) is 5.60. The standard InChI is InChI=1S/C25H21F2N3O2/c1-16-3-12-22(17(2)13-16)28-25(31)24-23(32-15-18-4-6-19(26)7-5-18)14-30(29-24)21-10-8-20(27)9-11-21/h3-14H,15H2,1-2H3,(H,28,31). The molecule has 0 fully saturated rings. The lowest BCUT2D eigenvalue weighted by atomic mass is 10.1. The molecular formula is C25H21F2N3O2. The highest BCUT2D eigenvalue weighted by Gasteiger charge is 2.20. The van der Waals surface area contributed by atoms with Crippen LogP contribution >= 0.6 is 0 Å². The summed E-state index contributed by atoms with van der Waals surface area (Å²) in [4.78, 5) is 13.1. The van der Waals surface area contributed by atoms with Crippen LogP contribution in [0.2, 0.25) is 0 Å². The van der Waals surface area contributed by atoms with Crippen molar-refractivity contribution in [1.29, 1.82) is 0 Å². The molecule has 4 rings (SSSR count). The van der Waals surface area contributed by atoms with E-state index in [4.69, 9.17) is 4.74 Å². The topological polar surface area (TPSA) is 56.2 Å². The molecule has 162 valence electrons. The fraction of sp³-hybridized carbons (Fsp3) is 0.120. The van der Waals surface area contributed by atoms with Crippen LogP contribution in [0.3, 0.4) is 0 Å². The maximum atomic E-state index is 13.3. The summed E-state index contributed by atoms with van der Waals surface area (Å²) in [7, 11) is 0. The van der Waals surface area contributed by atoms with Crippen LogP contribution in [0.25, 0.3) is 5.69 Å². The summed E-state index contributed by atoms with van der Waals surface area (Å²) >= 11 is 0. The molecule has 0 spiro atoms. The largest absolute Gasteiger partial charge is 0.485 e. The van der Waals surface area contributed by atoms with Crippen LogP contribution < -0.4 is 10.1 Å². The van der Waals surface area contributed by atoms with Gasteiger partial charge in [0, 0.05) is 5.69 Å². The van der Waals surface area contributed by atoms with Crippen LogP contribution in [-0.4, -0.2) is 15.7 Å². The van der Waals surface area contributed by atoms with Crippen LogP contribution in [0.15, 0.2) is 72.9 Å². The molecule has 1 heterocycles. The maximum Gasteiger partial charge on any atom is 0.280 e. The van der Waals surface area contributed by atoms with Crippen molar-refractivity contribution in [2.45, 2.75) is 20.5 Å². The number of halogens is 2. The van der Waals surface area contributed by atoms with E-state index in [2.05, 4.69) is 10.4 Å². The van der Waals surface area contributed by atoms with Gasteiger partial charge in [-0.15, -0.1) is 0 Å². The number of hydrogen-bond acceptors (Lipinski definition) is 3. The Labute approximate surface area is 184 Å². The molecule has 7 heteroatoms. The molecule has 0 aliphatic rings. The number of hydrogen-bond donors (Lipinski definition) is 1. The monoisotopic (exact) mass is 433 g/mol. The van der Waals surface area contributed by atoms with E-state index in [0.29, 0.717) is 11.4 Å². The molecule has 0 atom stereocenters. The first-order chi connectivity index (χ1) is 15.4. The minimum absolute atomic E-state index is 0.0800. The zero-order valence-electron chi connectivity index (χ0n) is 17.6. The Morgan fingerprint density at radius 3 is 2.28 bits per heavy atom. The number of nitrogens with zero attached hydrogens (tertiary/aromatic N) is 2. The second-order valence-corrected chi connectivity index (χ2v) is 7.45. The zero-order valence-corrected chi connectivity index (χ0v) is 17.6. The minimum atomic E-state index is -0.438. The van der Waals surface area contributed by atoms with E-state index in [0.717, 1.165) is 16.7 Å². The average molecular weight is 433 g/mol. The van der Waals surface area contributed by atoms with E-state index in [1.807, 2.05) is 32.0 Å². The molecule has 32 heavy (non-hydrogen) atoms. The van der Waals surface area contributed by atoms with Crippen molar-refractivity contribution < 1.29 is 18.3 Å². The summed E-state index contributed by atoms with van der Waals surface area (Å²) in [5, 5.41) is 7.25. The van der Waals surface area contributed by atoms with Gasteiger partial charge in [-0.2, -0.15) is 5.10 Å². The van der Waals surface area contributed by atoms with E-state index < -0.39 is 5.91 Å². The molecular weight excluding hydrogens is 412 g/mol. The molecule has 1 N–H and O–H groups in total. The minimum Gasteiger partial charge on any atom is -0.485 e. The van der Waals surface area contributed by atoms with Crippen molar-refractivity contribution >= 4 is 11.6 Å². The van der Waals surface area contributed by atoms with Crippen molar-refractivity contribution in [3.63, 3.8) is 0 Å². The second kappa shape index (κ2) is 9.01. The molecule has 1 aromatic heterocycles. The van der Waals surface area contributed by atoms with E-state index >= 15 is 0 Å². The molecule has 4 aromatic rings. The number of carbonyl (C=O) groups is 1. The summed E-state index contributed by atoms with van der Waals surface area (Å²) in [6, 6.07) is 17.3. The zero-order chi connectivity index (χ0) is 22.7. The van der Waals surface area contributed by atoms with Crippen LogP contribution in [0, 0.1) is 25.5 Å². The van der Waals surface area contributed by atoms with E-state index in [-0.39, 0.29) is 29.7 Å². The van der Waals surface area contributed by atoms with E-state index in [1.54, 1.807) is 30.5 Å². The Hall–Kier alpha value is -4.00. The number of anilines is 1. The Morgan fingerprint density at radius 1 is 0.969 bits per heavy atom. The Balaban J connectivity index is 1.63. The van der Waals surface area contributed by atoms with Crippen molar-refractivity contribution in [2.75, 3.05) is 5.32 Å². The van der Waals surface area contributed by atoms with Gasteiger partial charge in [0.15, 0.2) is 11.4 Å². The lowest BCUT2D eigenvalue weighted by Gasteiger charge is -2.09. The van der Waals surface area contributed by atoms with Gasteiger partial charge in [-0.3, -0.25) is 4.79 Å². The van der Waals surface area contributed by atoms with Gasteiger partial charge in [-0.25, -0.2) is 13.5 Å². The fourth-order valence-corrected chi connectivity index (χ4v) is 3.22. The van der Waals surface area contributed by atoms with Crippen LogP contribution in [0.5, 0.6) is 5.75 Å². The van der Waals surface area contributed by atoms with Gasteiger partial charge < -0.3 is 10.1 Å².